The van der Waals surface area contributed by atoms with Crippen LogP contribution in [-0.4, -0.2) is 46.1 Å². The minimum absolute atomic E-state index is 0.0661. The normalized spacial score (nSPS) is 28.7. The molecule has 1 aliphatic heterocycles. The van der Waals surface area contributed by atoms with Gasteiger partial charge in [-0.3, -0.25) is 0 Å². The predicted octanol–water partition coefficient (Wildman–Crippen LogP) is 0.403. The zero-order valence-electron chi connectivity index (χ0n) is 10.3. The van der Waals surface area contributed by atoms with E-state index in [0.717, 1.165) is 25.9 Å². The Morgan fingerprint density at radius 1 is 1.65 bits per heavy atom. The largest absolute Gasteiger partial charge is 0.386 e. The third kappa shape index (κ3) is 3.28. The smallest absolute Gasteiger partial charge is 0.105 e. The van der Waals surface area contributed by atoms with E-state index >= 15 is 0 Å². The molecule has 0 aliphatic carbocycles. The average Bonchev–Trinajstić information content (AvgIpc) is 2.91. The predicted molar refractivity (Wildman–Crippen MR) is 64.7 cm³/mol. The summed E-state index contributed by atoms with van der Waals surface area (Å²) in [6, 6.07) is 0. The monoisotopic (exact) mass is 239 g/mol. The second-order valence-electron chi connectivity index (χ2n) is 4.70. The lowest BCUT2D eigenvalue weighted by atomic mass is 9.97. The van der Waals surface area contributed by atoms with Gasteiger partial charge in [-0.1, -0.05) is 0 Å². The molecule has 2 heterocycles. The number of hydrogen-bond donors (Lipinski definition) is 2. The van der Waals surface area contributed by atoms with Crippen LogP contribution in [0.5, 0.6) is 0 Å². The van der Waals surface area contributed by atoms with E-state index in [1.807, 2.05) is 19.4 Å². The van der Waals surface area contributed by atoms with Gasteiger partial charge in [0.1, 0.15) is 5.60 Å². The molecule has 0 aromatic carbocycles. The Bertz CT molecular complexity index is 329. The van der Waals surface area contributed by atoms with Crippen LogP contribution in [0.1, 0.15) is 19.8 Å². The van der Waals surface area contributed by atoms with Gasteiger partial charge in [0.15, 0.2) is 0 Å². The molecule has 1 fully saturated rings. The Kier molecular flexibility index (Phi) is 4.15. The zero-order valence-corrected chi connectivity index (χ0v) is 10.3. The van der Waals surface area contributed by atoms with Gasteiger partial charge in [0.2, 0.25) is 0 Å². The van der Waals surface area contributed by atoms with Gasteiger partial charge in [-0.05, 0) is 19.9 Å². The van der Waals surface area contributed by atoms with Gasteiger partial charge in [0.25, 0.3) is 0 Å². The van der Waals surface area contributed by atoms with Gasteiger partial charge >= 0.3 is 0 Å². The van der Waals surface area contributed by atoms with Crippen molar-refractivity contribution in [3.8, 4) is 0 Å². The van der Waals surface area contributed by atoms with Crippen LogP contribution in [0.25, 0.3) is 0 Å². The first-order valence-electron chi connectivity index (χ1n) is 6.21. The van der Waals surface area contributed by atoms with E-state index < -0.39 is 5.60 Å². The van der Waals surface area contributed by atoms with Gasteiger partial charge < -0.3 is 19.7 Å². The van der Waals surface area contributed by atoms with Crippen LogP contribution in [0.2, 0.25) is 0 Å². The summed E-state index contributed by atoms with van der Waals surface area (Å²) in [6.07, 6.45) is 7.25. The standard InChI is InChI=1S/C12H21N3O2/c1-11-12(16,3-8-17-11)9-13-4-2-6-15-7-5-14-10-15/h5,7,10-11,13,16H,2-4,6,8-9H2,1H3. The molecule has 0 radical (unpaired) electrons. The van der Waals surface area contributed by atoms with Crippen molar-refractivity contribution < 1.29 is 9.84 Å². The minimum atomic E-state index is -0.686. The summed E-state index contributed by atoms with van der Waals surface area (Å²) >= 11 is 0. The highest BCUT2D eigenvalue weighted by Gasteiger charge is 2.38. The fourth-order valence-electron chi connectivity index (χ4n) is 2.11. The maximum atomic E-state index is 10.2. The summed E-state index contributed by atoms with van der Waals surface area (Å²) < 4.78 is 7.44. The number of aliphatic hydroxyl groups is 1. The molecule has 5 heteroatoms. The van der Waals surface area contributed by atoms with E-state index in [1.54, 1.807) is 6.20 Å². The van der Waals surface area contributed by atoms with Gasteiger partial charge in [-0.2, -0.15) is 0 Å². The Balaban J connectivity index is 1.60. The van der Waals surface area contributed by atoms with Crippen LogP contribution in [0.3, 0.4) is 0 Å². The zero-order chi connectivity index (χ0) is 12.1. The number of imidazole rings is 1. The van der Waals surface area contributed by atoms with E-state index in [0.29, 0.717) is 13.2 Å². The highest BCUT2D eigenvalue weighted by molar-refractivity contribution is 4.91. The van der Waals surface area contributed by atoms with Crippen molar-refractivity contribution in [2.24, 2.45) is 0 Å². The van der Waals surface area contributed by atoms with Crippen LogP contribution in [-0.2, 0) is 11.3 Å². The summed E-state index contributed by atoms with van der Waals surface area (Å²) in [5.41, 5.74) is -0.686. The van der Waals surface area contributed by atoms with Gasteiger partial charge in [0.05, 0.1) is 12.4 Å². The fourth-order valence-corrected chi connectivity index (χ4v) is 2.11. The number of nitrogens with one attached hydrogen (secondary N) is 1. The lowest BCUT2D eigenvalue weighted by molar-refractivity contribution is -0.0260. The van der Waals surface area contributed by atoms with Crippen LogP contribution < -0.4 is 5.32 Å². The van der Waals surface area contributed by atoms with E-state index in [-0.39, 0.29) is 6.10 Å². The van der Waals surface area contributed by atoms with Gasteiger partial charge in [-0.25, -0.2) is 4.98 Å². The Morgan fingerprint density at radius 2 is 2.53 bits per heavy atom. The summed E-state index contributed by atoms with van der Waals surface area (Å²) in [6.45, 7) is 5.05. The fraction of sp³-hybridized carbons (Fsp3) is 0.750. The second-order valence-corrected chi connectivity index (χ2v) is 4.70. The first-order chi connectivity index (χ1) is 8.21. The first kappa shape index (κ1) is 12.5. The quantitative estimate of drug-likeness (QED) is 0.706. The molecular weight excluding hydrogens is 218 g/mol. The summed E-state index contributed by atoms with van der Waals surface area (Å²) in [7, 11) is 0. The molecule has 1 aromatic rings. The van der Waals surface area contributed by atoms with E-state index in [1.165, 1.54) is 0 Å². The molecule has 0 saturated carbocycles. The summed E-state index contributed by atoms with van der Waals surface area (Å²) in [5, 5.41) is 13.5. The van der Waals surface area contributed by atoms with Crippen molar-refractivity contribution in [2.45, 2.75) is 38.0 Å². The van der Waals surface area contributed by atoms with Crippen molar-refractivity contribution in [3.63, 3.8) is 0 Å². The average molecular weight is 239 g/mol. The van der Waals surface area contributed by atoms with Crippen LogP contribution in [0, 0.1) is 0 Å². The van der Waals surface area contributed by atoms with Crippen molar-refractivity contribution in [1.29, 1.82) is 0 Å². The topological polar surface area (TPSA) is 59.3 Å². The molecule has 1 aromatic heterocycles. The van der Waals surface area contributed by atoms with Crippen LogP contribution in [0.4, 0.5) is 0 Å². The number of rotatable bonds is 6. The van der Waals surface area contributed by atoms with E-state index in [9.17, 15) is 5.11 Å². The highest BCUT2D eigenvalue weighted by atomic mass is 16.5. The number of aryl methyl sites for hydroxylation is 1. The molecule has 1 saturated heterocycles. The van der Waals surface area contributed by atoms with Crippen molar-refractivity contribution in [1.82, 2.24) is 14.9 Å². The third-order valence-corrected chi connectivity index (χ3v) is 3.42. The van der Waals surface area contributed by atoms with Crippen LogP contribution in [0.15, 0.2) is 18.7 Å². The molecule has 0 bridgehead atoms. The number of aromatic nitrogens is 2. The molecule has 5 nitrogen and oxygen atoms in total. The van der Waals surface area contributed by atoms with Crippen molar-refractivity contribution in [3.05, 3.63) is 18.7 Å². The number of hydrogen-bond acceptors (Lipinski definition) is 4. The lowest BCUT2D eigenvalue weighted by Crippen LogP contribution is -2.46. The Morgan fingerprint density at radius 3 is 3.18 bits per heavy atom. The molecule has 17 heavy (non-hydrogen) atoms. The third-order valence-electron chi connectivity index (χ3n) is 3.42. The van der Waals surface area contributed by atoms with Gasteiger partial charge in [0, 0.05) is 38.5 Å². The molecule has 0 amide bonds. The highest BCUT2D eigenvalue weighted by Crippen LogP contribution is 2.24. The molecular formula is C12H21N3O2. The van der Waals surface area contributed by atoms with Crippen molar-refractivity contribution in [2.75, 3.05) is 19.7 Å². The Hall–Kier alpha value is -0.910. The maximum absolute atomic E-state index is 10.2. The van der Waals surface area contributed by atoms with E-state index in [2.05, 4.69) is 14.9 Å². The number of ether oxygens (including phenoxy) is 1. The summed E-state index contributed by atoms with van der Waals surface area (Å²) in [5.74, 6) is 0. The maximum Gasteiger partial charge on any atom is 0.105 e. The molecule has 2 rings (SSSR count). The lowest BCUT2D eigenvalue weighted by Gasteiger charge is -2.26. The first-order valence-corrected chi connectivity index (χ1v) is 6.21. The Labute approximate surface area is 102 Å². The SMILES string of the molecule is CC1OCCC1(O)CNCCCn1ccnc1. The number of nitrogens with zero attached hydrogens (tertiary/aromatic N) is 2. The molecule has 96 valence electrons. The molecule has 2 unspecified atom stereocenters. The second kappa shape index (κ2) is 5.62. The van der Waals surface area contributed by atoms with Gasteiger partial charge in [-0.15, -0.1) is 0 Å². The van der Waals surface area contributed by atoms with Crippen molar-refractivity contribution >= 4 is 0 Å². The molecule has 2 N–H and O–H groups in total. The summed E-state index contributed by atoms with van der Waals surface area (Å²) in [4.78, 5) is 3.99. The molecule has 1 aliphatic rings. The minimum Gasteiger partial charge on any atom is -0.386 e. The molecule has 0 spiro atoms. The van der Waals surface area contributed by atoms with Crippen LogP contribution >= 0.6 is 0 Å². The van der Waals surface area contributed by atoms with E-state index in [4.69, 9.17) is 4.74 Å². The molecule has 2 atom stereocenters.